The summed E-state index contributed by atoms with van der Waals surface area (Å²) in [6.45, 7) is 13.1. The minimum Gasteiger partial charge on any atom is -0.874 e. The van der Waals surface area contributed by atoms with Crippen LogP contribution in [-0.2, 0) is 37.0 Å². The molecule has 1 heterocycles. The third kappa shape index (κ3) is 11.9. The molecular formula is C44H43CrN6O12S. The molecule has 0 saturated carbocycles. The van der Waals surface area contributed by atoms with Crippen LogP contribution in [0.4, 0.5) is 22.7 Å². The molecule has 2 aliphatic rings. The number of esters is 1. The molecule has 64 heavy (non-hydrogen) atoms. The van der Waals surface area contributed by atoms with Crippen molar-refractivity contribution in [3.63, 3.8) is 0 Å². The van der Waals surface area contributed by atoms with Gasteiger partial charge in [0.25, 0.3) is 11.6 Å². The maximum Gasteiger partial charge on any atom is 3.00 e. The molecule has 0 unspecified atom stereocenters. The molecule has 4 N–H and O–H groups in total. The van der Waals surface area contributed by atoms with Crippen molar-refractivity contribution in [3.05, 3.63) is 135 Å². The number of nitrogens with zero attached hydrogens (tertiary/aromatic N) is 3. The smallest absolute Gasteiger partial charge is 0.874 e. The SMILES string of the molecule is CC([O-])=C(N=Nc1cc([N+](=O)[O-])cc(S(=O)(=O)[O-])c1[O-])C(=O)Nc1ccccc1.CCNc1cc2oc3cc(=[NH+]CC)c(C)cc-3c(-c3ccccc3C(=O)OCC)c2cc1C.[Cr+3].[OH-]. The van der Waals surface area contributed by atoms with Gasteiger partial charge in [-0.3, -0.25) is 14.9 Å². The summed E-state index contributed by atoms with van der Waals surface area (Å²) in [5, 5.41) is 49.1. The van der Waals surface area contributed by atoms with Crippen LogP contribution in [0.15, 0.2) is 122 Å². The summed E-state index contributed by atoms with van der Waals surface area (Å²) in [4.78, 5) is 36.9. The Labute approximate surface area is 378 Å². The Kier molecular flexibility index (Phi) is 18.0. The second-order valence-electron chi connectivity index (χ2n) is 13.6. The molecule has 20 heteroatoms. The summed E-state index contributed by atoms with van der Waals surface area (Å²) in [5.74, 6) is -2.85. The molecule has 0 aromatic heterocycles. The van der Waals surface area contributed by atoms with Crippen LogP contribution in [0.3, 0.4) is 0 Å². The maximum atomic E-state index is 12.9. The van der Waals surface area contributed by atoms with E-state index in [0.29, 0.717) is 30.0 Å². The number of nitro benzene ring substituents is 1. The zero-order chi connectivity index (χ0) is 45.3. The number of carbonyl (C=O) groups excluding carboxylic acids is 2. The van der Waals surface area contributed by atoms with Crippen LogP contribution < -0.4 is 31.2 Å². The van der Waals surface area contributed by atoms with Crippen LogP contribution in [0.5, 0.6) is 5.75 Å². The first-order valence-electron chi connectivity index (χ1n) is 19.2. The van der Waals surface area contributed by atoms with Gasteiger partial charge in [0.15, 0.2) is 0 Å². The molecule has 4 aromatic carbocycles. The van der Waals surface area contributed by atoms with Gasteiger partial charge in [-0.25, -0.2) is 18.2 Å². The number of hydrogen-bond acceptors (Lipinski definition) is 15. The quantitative estimate of drug-likeness (QED) is 0.0210. The number of aryl methyl sites for hydroxylation is 2. The van der Waals surface area contributed by atoms with E-state index in [2.05, 4.69) is 77.8 Å². The van der Waals surface area contributed by atoms with Crippen molar-refractivity contribution in [2.75, 3.05) is 30.3 Å². The zero-order valence-electron chi connectivity index (χ0n) is 35.4. The minimum absolute atomic E-state index is 0. The van der Waals surface area contributed by atoms with Gasteiger partial charge in [-0.2, -0.15) is 5.11 Å². The summed E-state index contributed by atoms with van der Waals surface area (Å²) < 4.78 is 45.3. The number of nitro groups is 1. The van der Waals surface area contributed by atoms with E-state index < -0.39 is 54.4 Å². The molecule has 4 aromatic rings. The average molecular weight is 932 g/mol. The van der Waals surface area contributed by atoms with Crippen LogP contribution in [-0.4, -0.2) is 54.9 Å². The molecule has 6 rings (SSSR count). The Hall–Kier alpha value is -6.95. The van der Waals surface area contributed by atoms with Gasteiger partial charge in [-0.05, 0) is 76.1 Å². The molecule has 1 radical (unpaired) electrons. The van der Waals surface area contributed by atoms with Crippen molar-refractivity contribution >= 4 is 55.7 Å². The van der Waals surface area contributed by atoms with Crippen LogP contribution in [0, 0.1) is 24.0 Å². The number of allylic oxidation sites excluding steroid dienone is 1. The van der Waals surface area contributed by atoms with E-state index in [1.165, 1.54) is 12.1 Å². The first kappa shape index (κ1) is 51.4. The van der Waals surface area contributed by atoms with Crippen molar-refractivity contribution < 1.29 is 74.7 Å². The van der Waals surface area contributed by atoms with E-state index >= 15 is 0 Å². The summed E-state index contributed by atoms with van der Waals surface area (Å²) in [5.41, 5.74) is 5.14. The fourth-order valence-corrected chi connectivity index (χ4v) is 6.97. The molecule has 0 spiro atoms. The summed E-state index contributed by atoms with van der Waals surface area (Å²) in [7, 11) is -5.35. The number of para-hydroxylation sites is 1. The second-order valence-corrected chi connectivity index (χ2v) is 14.9. The van der Waals surface area contributed by atoms with Gasteiger partial charge in [-0.1, -0.05) is 49.1 Å². The third-order valence-corrected chi connectivity index (χ3v) is 10.0. The topological polar surface area (TPSA) is 296 Å². The Morgan fingerprint density at radius 2 is 1.59 bits per heavy atom. The summed E-state index contributed by atoms with van der Waals surface area (Å²) in [6, 6.07) is 24.8. The number of ether oxygens (including phenoxy) is 1. The number of benzene rings is 5. The van der Waals surface area contributed by atoms with Crippen molar-refractivity contribution in [1.82, 2.24) is 0 Å². The number of nitrogens with one attached hydrogen (secondary N) is 3. The first-order valence-corrected chi connectivity index (χ1v) is 20.6. The standard InChI is InChI=1S/C28H30N2O3.C16H14N4O8S.Cr.H2O/c1-6-29-23-15-25-21(13-17(23)4)27(19-11-9-10-12-20(19)28(31)32-8-3)22-14-18(5)24(30-7-2)16-26(22)33-25;1-9(21)14(16(23)17-10-5-3-2-4-6-10)19-18-12-7-11(20(24)25)8-13(15(12)22)29(26,27)28;;/h9-16,29H,6-8H2,1-5H3;2-8,21-22H,1H3,(H,17,23)(H,26,27,28);;1H2/q;;+3;/p-3. The van der Waals surface area contributed by atoms with Crippen LogP contribution in [0.2, 0.25) is 0 Å². The van der Waals surface area contributed by atoms with Crippen molar-refractivity contribution in [2.24, 2.45) is 10.2 Å². The molecule has 0 atom stereocenters. The number of carbonyl (C=O) groups is 2. The second kappa shape index (κ2) is 22.4. The summed E-state index contributed by atoms with van der Waals surface area (Å²) >= 11 is 0. The molecule has 0 fully saturated rings. The normalized spacial score (nSPS) is 11.8. The fourth-order valence-electron chi connectivity index (χ4n) is 6.37. The van der Waals surface area contributed by atoms with Crippen molar-refractivity contribution in [2.45, 2.75) is 46.4 Å². The van der Waals surface area contributed by atoms with Gasteiger partial charge < -0.3 is 40.0 Å². The third-order valence-electron chi connectivity index (χ3n) is 9.18. The predicted octanol–water partition coefficient (Wildman–Crippen LogP) is 5.14. The number of hydrogen-bond donors (Lipinski definition) is 3. The van der Waals surface area contributed by atoms with E-state index in [4.69, 9.17) is 9.15 Å². The molecule has 1 amide bonds. The van der Waals surface area contributed by atoms with Crippen molar-refractivity contribution in [1.29, 1.82) is 0 Å². The average Bonchev–Trinajstić information content (AvgIpc) is 3.22. The maximum absolute atomic E-state index is 12.9. The Bertz CT molecular complexity index is 2900. The molecule has 0 saturated heterocycles. The Morgan fingerprint density at radius 3 is 2.20 bits per heavy atom. The molecule has 333 valence electrons. The van der Waals surface area contributed by atoms with Crippen LogP contribution in [0.1, 0.15) is 49.2 Å². The van der Waals surface area contributed by atoms with E-state index in [1.54, 1.807) is 18.2 Å². The van der Waals surface area contributed by atoms with Gasteiger partial charge in [-0.15, -0.1) is 10.9 Å². The van der Waals surface area contributed by atoms with E-state index in [9.17, 15) is 42.9 Å². The van der Waals surface area contributed by atoms with Crippen molar-refractivity contribution in [3.8, 4) is 28.2 Å². The summed E-state index contributed by atoms with van der Waals surface area (Å²) in [6.07, 6.45) is 0. The van der Waals surface area contributed by atoms with Gasteiger partial charge in [0.05, 0.1) is 33.7 Å². The number of fused-ring (bicyclic) bond motifs is 2. The largest absolute Gasteiger partial charge is 3.00 e. The number of anilines is 2. The van der Waals surface area contributed by atoms with E-state index in [-0.39, 0.29) is 28.8 Å². The van der Waals surface area contributed by atoms with Crippen LogP contribution in [0.25, 0.3) is 33.4 Å². The van der Waals surface area contributed by atoms with E-state index in [1.807, 2.05) is 31.2 Å². The number of non-ortho nitro benzene ring substituents is 1. The van der Waals surface area contributed by atoms with Gasteiger partial charge in [0, 0.05) is 58.2 Å². The minimum atomic E-state index is -5.35. The predicted molar refractivity (Wildman–Crippen MR) is 227 cm³/mol. The molecular weight excluding hydrogens is 889 g/mol. The van der Waals surface area contributed by atoms with Gasteiger partial charge in [0.1, 0.15) is 33.7 Å². The molecule has 1 aliphatic carbocycles. The number of rotatable bonds is 12. The van der Waals surface area contributed by atoms with Gasteiger partial charge in [0.2, 0.25) is 5.36 Å². The molecule has 0 bridgehead atoms. The monoisotopic (exact) mass is 931 g/mol. The number of amides is 1. The fraction of sp³-hybridized carbons (Fsp3) is 0.205. The molecule has 18 nitrogen and oxygen atoms in total. The molecule has 1 aliphatic heterocycles. The van der Waals surface area contributed by atoms with E-state index in [0.717, 1.165) is 75.6 Å². The zero-order valence-corrected chi connectivity index (χ0v) is 37.5. The Balaban J connectivity index is 0.000000333. The number of azo groups is 1. The Morgan fingerprint density at radius 1 is 0.922 bits per heavy atom. The van der Waals surface area contributed by atoms with Crippen LogP contribution >= 0.6 is 0 Å². The first-order chi connectivity index (χ1) is 29.5. The van der Waals surface area contributed by atoms with Gasteiger partial charge >= 0.3 is 23.3 Å².